The molecule has 0 saturated heterocycles. The average Bonchev–Trinajstić information content (AvgIpc) is 2.43. The van der Waals surface area contributed by atoms with Crippen molar-refractivity contribution in [2.75, 3.05) is 0 Å². The van der Waals surface area contributed by atoms with E-state index in [9.17, 15) is 4.79 Å². The number of halogens is 1. The van der Waals surface area contributed by atoms with Gasteiger partial charge in [-0.05, 0) is 41.3 Å². The summed E-state index contributed by atoms with van der Waals surface area (Å²) in [6.45, 7) is 0. The van der Waals surface area contributed by atoms with Crippen molar-refractivity contribution in [2.45, 2.75) is 12.8 Å². The molecule has 1 aliphatic carbocycles. The molecule has 2 heteroatoms. The number of carbonyl (C=O) groups is 1. The van der Waals surface area contributed by atoms with Gasteiger partial charge in [0.05, 0.1) is 0 Å². The van der Waals surface area contributed by atoms with Gasteiger partial charge in [-0.25, -0.2) is 0 Å². The Kier molecular flexibility index (Phi) is 3.34. The number of aryl methyl sites for hydroxylation is 1. The van der Waals surface area contributed by atoms with Crippen LogP contribution in [0.25, 0.3) is 11.6 Å². The number of allylic oxidation sites excluding steroid dienone is 1. The van der Waals surface area contributed by atoms with E-state index >= 15 is 0 Å². The molecule has 0 atom stereocenters. The van der Waals surface area contributed by atoms with E-state index in [-0.39, 0.29) is 5.78 Å². The van der Waals surface area contributed by atoms with Crippen molar-refractivity contribution in [2.24, 2.45) is 0 Å². The number of Topliss-reactive ketones (excluding diaryl/α,β-unsaturated/α-hetero) is 1. The summed E-state index contributed by atoms with van der Waals surface area (Å²) in [5.41, 5.74) is 4.22. The normalized spacial score (nSPS) is 16.5. The van der Waals surface area contributed by atoms with Gasteiger partial charge in [0.2, 0.25) is 0 Å². The molecule has 0 heterocycles. The molecule has 0 bridgehead atoms. The van der Waals surface area contributed by atoms with E-state index in [0.29, 0.717) is 6.42 Å². The lowest BCUT2D eigenvalue weighted by Gasteiger charge is -2.18. The molecule has 0 aliphatic heterocycles. The third-order valence-corrected chi connectivity index (χ3v) is 3.88. The van der Waals surface area contributed by atoms with Crippen molar-refractivity contribution in [3.63, 3.8) is 0 Å². The summed E-state index contributed by atoms with van der Waals surface area (Å²) in [7, 11) is 0. The first kappa shape index (κ1) is 12.4. The maximum absolute atomic E-state index is 12.2. The Hall–Kier alpha value is -1.67. The zero-order valence-corrected chi connectivity index (χ0v) is 12.0. The largest absolute Gasteiger partial charge is 0.294 e. The van der Waals surface area contributed by atoms with Crippen molar-refractivity contribution in [3.05, 3.63) is 69.7 Å². The molecule has 19 heavy (non-hydrogen) atoms. The van der Waals surface area contributed by atoms with Crippen LogP contribution in [0.4, 0.5) is 0 Å². The van der Waals surface area contributed by atoms with Crippen molar-refractivity contribution in [1.82, 2.24) is 0 Å². The fraction of sp³-hybridized carbons (Fsp3) is 0.118. The highest BCUT2D eigenvalue weighted by Crippen LogP contribution is 2.31. The first-order valence-corrected chi connectivity index (χ1v) is 7.12. The van der Waals surface area contributed by atoms with Gasteiger partial charge in [-0.15, -0.1) is 0 Å². The molecule has 0 unspecified atom stereocenters. The van der Waals surface area contributed by atoms with Crippen LogP contribution in [0.15, 0.2) is 53.0 Å². The number of benzene rings is 2. The highest BCUT2D eigenvalue weighted by Gasteiger charge is 2.21. The van der Waals surface area contributed by atoms with Crippen LogP contribution in [-0.4, -0.2) is 5.78 Å². The lowest BCUT2D eigenvalue weighted by Crippen LogP contribution is -2.12. The first-order valence-electron chi connectivity index (χ1n) is 6.33. The van der Waals surface area contributed by atoms with Crippen LogP contribution >= 0.6 is 15.9 Å². The second kappa shape index (κ2) is 5.14. The Morgan fingerprint density at radius 2 is 1.79 bits per heavy atom. The number of hydrogen-bond acceptors (Lipinski definition) is 1. The van der Waals surface area contributed by atoms with Crippen LogP contribution in [0.5, 0.6) is 0 Å². The zero-order valence-electron chi connectivity index (χ0n) is 10.4. The van der Waals surface area contributed by atoms with E-state index in [4.69, 9.17) is 0 Å². The molecular weight excluding hydrogens is 300 g/mol. The summed E-state index contributed by atoms with van der Waals surface area (Å²) in [5.74, 6) is 0.235. The minimum absolute atomic E-state index is 0.235. The zero-order chi connectivity index (χ0) is 13.2. The van der Waals surface area contributed by atoms with E-state index in [0.717, 1.165) is 27.6 Å². The monoisotopic (exact) mass is 312 g/mol. The van der Waals surface area contributed by atoms with Gasteiger partial charge >= 0.3 is 0 Å². The SMILES string of the molecule is O=C1CCc2cc(Br)ccc2/C1=C/c1ccccc1. The first-order chi connectivity index (χ1) is 9.24. The van der Waals surface area contributed by atoms with Crippen molar-refractivity contribution < 1.29 is 4.79 Å². The Labute approximate surface area is 121 Å². The third-order valence-electron chi connectivity index (χ3n) is 3.39. The van der Waals surface area contributed by atoms with Crippen LogP contribution < -0.4 is 0 Å². The number of hydrogen-bond donors (Lipinski definition) is 0. The summed E-state index contributed by atoms with van der Waals surface area (Å²) >= 11 is 3.49. The predicted octanol–water partition coefficient (Wildman–Crippen LogP) is 4.51. The second-order valence-electron chi connectivity index (χ2n) is 4.69. The van der Waals surface area contributed by atoms with Gasteiger partial charge in [-0.2, -0.15) is 0 Å². The molecule has 2 aromatic rings. The smallest absolute Gasteiger partial charge is 0.163 e. The number of rotatable bonds is 1. The van der Waals surface area contributed by atoms with E-state index in [1.54, 1.807) is 0 Å². The minimum atomic E-state index is 0.235. The van der Waals surface area contributed by atoms with Gasteiger partial charge in [0.1, 0.15) is 0 Å². The molecule has 2 aromatic carbocycles. The number of carbonyl (C=O) groups excluding carboxylic acids is 1. The molecule has 0 N–H and O–H groups in total. The van der Waals surface area contributed by atoms with Gasteiger partial charge in [-0.1, -0.05) is 52.3 Å². The van der Waals surface area contributed by atoms with E-state index in [1.807, 2.05) is 48.5 Å². The molecule has 0 radical (unpaired) electrons. The van der Waals surface area contributed by atoms with Crippen LogP contribution in [0.2, 0.25) is 0 Å². The van der Waals surface area contributed by atoms with E-state index in [2.05, 4.69) is 22.0 Å². The van der Waals surface area contributed by atoms with Gasteiger partial charge in [0.25, 0.3) is 0 Å². The van der Waals surface area contributed by atoms with Crippen LogP contribution in [0.3, 0.4) is 0 Å². The lowest BCUT2D eigenvalue weighted by molar-refractivity contribution is -0.113. The molecule has 0 saturated carbocycles. The second-order valence-corrected chi connectivity index (χ2v) is 5.61. The van der Waals surface area contributed by atoms with Crippen LogP contribution in [-0.2, 0) is 11.2 Å². The molecule has 0 fully saturated rings. The quantitative estimate of drug-likeness (QED) is 0.708. The lowest BCUT2D eigenvalue weighted by atomic mass is 9.85. The molecule has 3 rings (SSSR count). The standard InChI is InChI=1S/C17H13BrO/c18-14-7-8-15-13(11-14)6-9-17(19)16(15)10-12-4-2-1-3-5-12/h1-5,7-8,10-11H,6,9H2/b16-10-. The number of ketones is 1. The summed E-state index contributed by atoms with van der Waals surface area (Å²) in [4.78, 5) is 12.2. The highest BCUT2D eigenvalue weighted by atomic mass is 79.9. The molecule has 0 amide bonds. The minimum Gasteiger partial charge on any atom is -0.294 e. The summed E-state index contributed by atoms with van der Waals surface area (Å²) in [6, 6.07) is 16.1. The van der Waals surface area contributed by atoms with E-state index < -0.39 is 0 Å². The van der Waals surface area contributed by atoms with Gasteiger partial charge < -0.3 is 0 Å². The molecule has 94 valence electrons. The predicted molar refractivity (Wildman–Crippen MR) is 81.8 cm³/mol. The Morgan fingerprint density at radius 3 is 2.58 bits per heavy atom. The molecule has 0 aromatic heterocycles. The number of fused-ring (bicyclic) bond motifs is 1. The molecule has 1 nitrogen and oxygen atoms in total. The topological polar surface area (TPSA) is 17.1 Å². The highest BCUT2D eigenvalue weighted by molar-refractivity contribution is 9.10. The van der Waals surface area contributed by atoms with Crippen LogP contribution in [0.1, 0.15) is 23.1 Å². The summed E-state index contributed by atoms with van der Waals surface area (Å²) < 4.78 is 1.07. The van der Waals surface area contributed by atoms with Gasteiger partial charge in [-0.3, -0.25) is 4.79 Å². The van der Waals surface area contributed by atoms with E-state index in [1.165, 1.54) is 5.56 Å². The molecule has 1 aliphatic rings. The van der Waals surface area contributed by atoms with Crippen molar-refractivity contribution in [3.8, 4) is 0 Å². The Morgan fingerprint density at radius 1 is 1.00 bits per heavy atom. The summed E-state index contributed by atoms with van der Waals surface area (Å²) in [5, 5.41) is 0. The maximum atomic E-state index is 12.2. The summed E-state index contributed by atoms with van der Waals surface area (Å²) in [6.07, 6.45) is 3.43. The third kappa shape index (κ3) is 2.54. The fourth-order valence-electron chi connectivity index (χ4n) is 2.44. The average molecular weight is 313 g/mol. The van der Waals surface area contributed by atoms with Crippen molar-refractivity contribution in [1.29, 1.82) is 0 Å². The Balaban J connectivity index is 2.11. The molecular formula is C17H13BrO. The fourth-order valence-corrected chi connectivity index (χ4v) is 2.85. The molecule has 0 spiro atoms. The Bertz CT molecular complexity index is 656. The van der Waals surface area contributed by atoms with Gasteiger partial charge in [0.15, 0.2) is 5.78 Å². The van der Waals surface area contributed by atoms with Crippen LogP contribution in [0, 0.1) is 0 Å². The maximum Gasteiger partial charge on any atom is 0.163 e. The van der Waals surface area contributed by atoms with Crippen molar-refractivity contribution >= 4 is 33.4 Å². The van der Waals surface area contributed by atoms with Gasteiger partial charge in [0, 0.05) is 16.5 Å².